The number of aliphatic hydroxyl groups excluding tert-OH is 1. The maximum atomic E-state index is 12.3. The second-order valence-corrected chi connectivity index (χ2v) is 6.04. The molecule has 0 aliphatic carbocycles. The van der Waals surface area contributed by atoms with E-state index in [0.29, 0.717) is 11.3 Å². The molecule has 5 heteroatoms. The Balaban J connectivity index is 2.07. The molecule has 0 aliphatic rings. The molecule has 0 saturated carbocycles. The Labute approximate surface area is 126 Å². The highest BCUT2D eigenvalue weighted by atomic mass is 32.1. The summed E-state index contributed by atoms with van der Waals surface area (Å²) < 4.78 is 0. The van der Waals surface area contributed by atoms with Gasteiger partial charge in [0.2, 0.25) is 0 Å². The predicted octanol–water partition coefficient (Wildman–Crippen LogP) is 3.03. The monoisotopic (exact) mass is 305 g/mol. The third kappa shape index (κ3) is 3.70. The van der Waals surface area contributed by atoms with E-state index in [2.05, 4.69) is 17.2 Å². The smallest absolute Gasteiger partial charge is 0.263 e. The lowest BCUT2D eigenvalue weighted by molar-refractivity contribution is 0.0944. The van der Waals surface area contributed by atoms with E-state index in [-0.39, 0.29) is 18.6 Å². The first kappa shape index (κ1) is 14.8. The highest BCUT2D eigenvalue weighted by Gasteiger charge is 2.15. The van der Waals surface area contributed by atoms with Crippen LogP contribution in [-0.4, -0.2) is 17.6 Å². The van der Waals surface area contributed by atoms with Crippen molar-refractivity contribution in [3.63, 3.8) is 0 Å². The standard InChI is InChI=1S/C15H15NO2S2/c1-11(13-6-4-9-19-13)16-15(18)14-12(7-10-20-14)5-2-3-8-17/h4,6-7,9-11,17H,3,8H2,1H3,(H,16,18). The van der Waals surface area contributed by atoms with E-state index in [0.717, 1.165) is 10.4 Å². The number of aliphatic hydroxyl groups is 1. The van der Waals surface area contributed by atoms with Crippen molar-refractivity contribution in [2.24, 2.45) is 0 Å². The first-order chi connectivity index (χ1) is 9.72. The fraction of sp³-hybridized carbons (Fsp3) is 0.267. The van der Waals surface area contributed by atoms with Gasteiger partial charge in [0.25, 0.3) is 5.91 Å². The summed E-state index contributed by atoms with van der Waals surface area (Å²) in [7, 11) is 0. The van der Waals surface area contributed by atoms with E-state index < -0.39 is 0 Å². The molecule has 0 fully saturated rings. The molecule has 1 amide bonds. The Bertz CT molecular complexity index is 620. The van der Waals surface area contributed by atoms with Gasteiger partial charge in [0.15, 0.2) is 0 Å². The number of nitrogens with one attached hydrogen (secondary N) is 1. The molecule has 2 N–H and O–H groups in total. The maximum absolute atomic E-state index is 12.3. The van der Waals surface area contributed by atoms with Crippen molar-refractivity contribution in [1.29, 1.82) is 0 Å². The van der Waals surface area contributed by atoms with Crippen LogP contribution in [0.5, 0.6) is 0 Å². The van der Waals surface area contributed by atoms with Gasteiger partial charge < -0.3 is 10.4 Å². The van der Waals surface area contributed by atoms with Crippen LogP contribution in [-0.2, 0) is 0 Å². The second kappa shape index (κ2) is 7.25. The lowest BCUT2D eigenvalue weighted by Crippen LogP contribution is -2.25. The molecule has 2 rings (SSSR count). The Kier molecular flexibility index (Phi) is 5.36. The molecular weight excluding hydrogens is 290 g/mol. The third-order valence-electron chi connectivity index (χ3n) is 2.65. The van der Waals surface area contributed by atoms with E-state index in [4.69, 9.17) is 5.11 Å². The molecule has 1 unspecified atom stereocenters. The van der Waals surface area contributed by atoms with Crippen LogP contribution in [0.2, 0.25) is 0 Å². The number of amides is 1. The van der Waals surface area contributed by atoms with Gasteiger partial charge in [0.05, 0.1) is 12.6 Å². The third-order valence-corrected chi connectivity index (χ3v) is 4.62. The van der Waals surface area contributed by atoms with Crippen molar-refractivity contribution < 1.29 is 9.90 Å². The van der Waals surface area contributed by atoms with Crippen molar-refractivity contribution in [2.45, 2.75) is 19.4 Å². The molecule has 0 aliphatic heterocycles. The molecule has 2 heterocycles. The number of carbonyl (C=O) groups excluding carboxylic acids is 1. The normalized spacial score (nSPS) is 11.5. The molecule has 104 valence electrons. The van der Waals surface area contributed by atoms with E-state index in [1.54, 1.807) is 11.3 Å². The topological polar surface area (TPSA) is 49.3 Å². The zero-order valence-electron chi connectivity index (χ0n) is 11.1. The van der Waals surface area contributed by atoms with Gasteiger partial charge in [-0.25, -0.2) is 0 Å². The zero-order valence-corrected chi connectivity index (χ0v) is 12.7. The van der Waals surface area contributed by atoms with Crippen LogP contribution in [0.15, 0.2) is 29.0 Å². The van der Waals surface area contributed by atoms with Crippen molar-refractivity contribution in [3.8, 4) is 11.8 Å². The van der Waals surface area contributed by atoms with Gasteiger partial charge in [-0.05, 0) is 29.8 Å². The largest absolute Gasteiger partial charge is 0.395 e. The predicted molar refractivity (Wildman–Crippen MR) is 83.1 cm³/mol. The van der Waals surface area contributed by atoms with Crippen molar-refractivity contribution in [2.75, 3.05) is 6.61 Å². The Hall–Kier alpha value is -1.61. The van der Waals surface area contributed by atoms with Gasteiger partial charge in [-0.2, -0.15) is 0 Å². The number of hydrogen-bond acceptors (Lipinski definition) is 4. The highest BCUT2D eigenvalue weighted by Crippen LogP contribution is 2.21. The lowest BCUT2D eigenvalue weighted by atomic mass is 10.2. The van der Waals surface area contributed by atoms with Crippen molar-refractivity contribution >= 4 is 28.6 Å². The van der Waals surface area contributed by atoms with E-state index in [1.165, 1.54) is 11.3 Å². The Morgan fingerprint density at radius 3 is 2.95 bits per heavy atom. The minimum atomic E-state index is -0.103. The Morgan fingerprint density at radius 1 is 1.40 bits per heavy atom. The molecule has 3 nitrogen and oxygen atoms in total. The average Bonchev–Trinajstić information content (AvgIpc) is 3.10. The molecule has 1 atom stereocenters. The molecule has 0 bridgehead atoms. The summed E-state index contributed by atoms with van der Waals surface area (Å²) in [5.74, 6) is 5.67. The summed E-state index contributed by atoms with van der Waals surface area (Å²) in [6.45, 7) is 2.00. The number of carbonyl (C=O) groups is 1. The molecule has 0 aromatic carbocycles. The van der Waals surface area contributed by atoms with Gasteiger partial charge in [-0.15, -0.1) is 22.7 Å². The van der Waals surface area contributed by atoms with Crippen LogP contribution in [0.3, 0.4) is 0 Å². The van der Waals surface area contributed by atoms with Crippen LogP contribution in [0.1, 0.15) is 39.5 Å². The molecule has 2 aromatic heterocycles. The summed E-state index contributed by atoms with van der Waals surface area (Å²) in [5, 5.41) is 15.5. The van der Waals surface area contributed by atoms with Gasteiger partial charge in [-0.1, -0.05) is 17.9 Å². The van der Waals surface area contributed by atoms with E-state index >= 15 is 0 Å². The number of rotatable bonds is 4. The summed E-state index contributed by atoms with van der Waals surface area (Å²) in [5.41, 5.74) is 0.722. The second-order valence-electron chi connectivity index (χ2n) is 4.15. The highest BCUT2D eigenvalue weighted by molar-refractivity contribution is 7.12. The Morgan fingerprint density at radius 2 is 2.25 bits per heavy atom. The van der Waals surface area contributed by atoms with Crippen molar-refractivity contribution in [3.05, 3.63) is 44.3 Å². The quantitative estimate of drug-likeness (QED) is 0.853. The first-order valence-electron chi connectivity index (χ1n) is 6.24. The van der Waals surface area contributed by atoms with Gasteiger partial charge >= 0.3 is 0 Å². The van der Waals surface area contributed by atoms with E-state index in [9.17, 15) is 4.79 Å². The van der Waals surface area contributed by atoms with Gasteiger partial charge in [-0.3, -0.25) is 4.79 Å². The lowest BCUT2D eigenvalue weighted by Gasteiger charge is -2.11. The maximum Gasteiger partial charge on any atom is 0.263 e. The summed E-state index contributed by atoms with van der Waals surface area (Å²) in [4.78, 5) is 14.0. The van der Waals surface area contributed by atoms with Gasteiger partial charge in [0, 0.05) is 16.9 Å². The molecule has 0 spiro atoms. The number of thiophene rings is 2. The fourth-order valence-corrected chi connectivity index (χ4v) is 3.15. The first-order valence-corrected chi connectivity index (χ1v) is 7.99. The van der Waals surface area contributed by atoms with Crippen LogP contribution in [0.25, 0.3) is 0 Å². The fourth-order valence-electron chi connectivity index (χ4n) is 1.67. The summed E-state index contributed by atoms with van der Waals surface area (Å²) in [6.07, 6.45) is 0.419. The molecule has 0 radical (unpaired) electrons. The SMILES string of the molecule is CC(NC(=O)c1sccc1C#CCCO)c1cccs1. The van der Waals surface area contributed by atoms with Crippen LogP contribution in [0, 0.1) is 11.8 Å². The summed E-state index contributed by atoms with van der Waals surface area (Å²) in [6, 6.07) is 5.80. The van der Waals surface area contributed by atoms with Gasteiger partial charge in [0.1, 0.15) is 4.88 Å². The minimum Gasteiger partial charge on any atom is -0.395 e. The average molecular weight is 305 g/mol. The molecular formula is C15H15NO2S2. The molecule has 20 heavy (non-hydrogen) atoms. The molecule has 0 saturated heterocycles. The zero-order chi connectivity index (χ0) is 14.4. The van der Waals surface area contributed by atoms with E-state index in [1.807, 2.05) is 35.9 Å². The minimum absolute atomic E-state index is 0.0112. The molecule has 2 aromatic rings. The van der Waals surface area contributed by atoms with Crippen LogP contribution < -0.4 is 5.32 Å². The van der Waals surface area contributed by atoms with Crippen LogP contribution >= 0.6 is 22.7 Å². The van der Waals surface area contributed by atoms with Crippen molar-refractivity contribution in [1.82, 2.24) is 5.32 Å². The summed E-state index contributed by atoms with van der Waals surface area (Å²) >= 11 is 3.01. The number of hydrogen-bond donors (Lipinski definition) is 2. The van der Waals surface area contributed by atoms with Crippen LogP contribution in [0.4, 0.5) is 0 Å².